The number of nitrogens with zero attached hydrogens (tertiary/aromatic N) is 1. The maximum absolute atomic E-state index is 8.86. The van der Waals surface area contributed by atoms with E-state index in [1.807, 2.05) is 6.07 Å². The summed E-state index contributed by atoms with van der Waals surface area (Å²) in [5.41, 5.74) is 0.521. The lowest BCUT2D eigenvalue weighted by molar-refractivity contribution is -0.000300. The van der Waals surface area contributed by atoms with Gasteiger partial charge < -0.3 is 9.84 Å². The highest BCUT2D eigenvalue weighted by molar-refractivity contribution is 5.36. The van der Waals surface area contributed by atoms with Crippen LogP contribution < -0.4 is 4.74 Å². The number of ether oxygens (including phenoxy) is 1. The van der Waals surface area contributed by atoms with Gasteiger partial charge in [-0.3, -0.25) is 0 Å². The van der Waals surface area contributed by atoms with Crippen LogP contribution in [0.15, 0.2) is 24.3 Å². The Morgan fingerprint density at radius 3 is 2.92 bits per heavy atom. The van der Waals surface area contributed by atoms with E-state index < -0.39 is 6.29 Å². The molecule has 0 aromatic heterocycles. The second-order valence-electron chi connectivity index (χ2n) is 2.36. The van der Waals surface area contributed by atoms with Gasteiger partial charge in [-0.15, -0.1) is 0 Å². The minimum Gasteiger partial charge on any atom is -0.465 e. The number of hydrogen-bond acceptors (Lipinski definition) is 3. The molecule has 0 saturated carbocycles. The molecule has 1 atom stereocenters. The first-order valence-corrected chi connectivity index (χ1v) is 3.57. The van der Waals surface area contributed by atoms with E-state index in [2.05, 4.69) is 0 Å². The van der Waals surface area contributed by atoms with Crippen LogP contribution >= 0.6 is 0 Å². The van der Waals surface area contributed by atoms with Gasteiger partial charge in [-0.05, 0) is 25.1 Å². The number of nitriles is 1. The van der Waals surface area contributed by atoms with Gasteiger partial charge in [-0.2, -0.15) is 5.26 Å². The van der Waals surface area contributed by atoms with Crippen molar-refractivity contribution in [3.63, 3.8) is 0 Å². The molecule has 0 bridgehead atoms. The van der Waals surface area contributed by atoms with Crippen molar-refractivity contribution in [1.29, 1.82) is 5.26 Å². The molecule has 0 fully saturated rings. The summed E-state index contributed by atoms with van der Waals surface area (Å²) in [6.07, 6.45) is -0.848. The Hall–Kier alpha value is -1.53. The lowest BCUT2D eigenvalue weighted by Gasteiger charge is -2.07. The van der Waals surface area contributed by atoms with Gasteiger partial charge >= 0.3 is 0 Å². The average molecular weight is 163 g/mol. The summed E-state index contributed by atoms with van der Waals surface area (Å²) in [5.74, 6) is 0.504. The maximum atomic E-state index is 8.86. The molecule has 1 aromatic rings. The number of aliphatic hydroxyl groups is 1. The van der Waals surface area contributed by atoms with Crippen molar-refractivity contribution in [3.8, 4) is 11.8 Å². The van der Waals surface area contributed by atoms with Crippen molar-refractivity contribution in [1.82, 2.24) is 0 Å². The minimum atomic E-state index is -0.848. The molecule has 1 rings (SSSR count). The zero-order valence-corrected chi connectivity index (χ0v) is 6.69. The van der Waals surface area contributed by atoms with E-state index in [0.717, 1.165) is 0 Å². The molecule has 0 aliphatic carbocycles. The molecular formula is C9H9NO2. The van der Waals surface area contributed by atoms with E-state index >= 15 is 0 Å². The van der Waals surface area contributed by atoms with Gasteiger partial charge in [0, 0.05) is 0 Å². The molecule has 62 valence electrons. The Balaban J connectivity index is 2.81. The monoisotopic (exact) mass is 163 g/mol. The zero-order valence-electron chi connectivity index (χ0n) is 6.69. The Morgan fingerprint density at radius 1 is 1.58 bits per heavy atom. The van der Waals surface area contributed by atoms with E-state index in [9.17, 15) is 0 Å². The molecule has 0 aliphatic heterocycles. The second kappa shape index (κ2) is 3.74. The van der Waals surface area contributed by atoms with Crippen molar-refractivity contribution in [2.45, 2.75) is 13.2 Å². The van der Waals surface area contributed by atoms with Gasteiger partial charge in [0.05, 0.1) is 11.6 Å². The van der Waals surface area contributed by atoms with Crippen molar-refractivity contribution in [3.05, 3.63) is 29.8 Å². The maximum Gasteiger partial charge on any atom is 0.194 e. The van der Waals surface area contributed by atoms with Crippen LogP contribution in [0, 0.1) is 11.3 Å². The predicted octanol–water partition coefficient (Wildman–Crippen LogP) is 1.28. The highest BCUT2D eigenvalue weighted by atomic mass is 16.6. The third-order valence-corrected chi connectivity index (χ3v) is 1.27. The lowest BCUT2D eigenvalue weighted by Crippen LogP contribution is -2.09. The molecule has 12 heavy (non-hydrogen) atoms. The van der Waals surface area contributed by atoms with Crippen LogP contribution in [0.5, 0.6) is 5.75 Å². The Labute approximate surface area is 70.8 Å². The van der Waals surface area contributed by atoms with E-state index in [1.54, 1.807) is 24.3 Å². The molecule has 0 heterocycles. The van der Waals surface area contributed by atoms with Crippen LogP contribution in [0.1, 0.15) is 12.5 Å². The summed E-state index contributed by atoms with van der Waals surface area (Å²) in [4.78, 5) is 0. The number of hydrogen-bond donors (Lipinski definition) is 1. The molecule has 0 aliphatic rings. The highest BCUT2D eigenvalue weighted by Gasteiger charge is 1.98. The van der Waals surface area contributed by atoms with E-state index in [0.29, 0.717) is 11.3 Å². The zero-order chi connectivity index (χ0) is 8.97. The van der Waals surface area contributed by atoms with E-state index in [-0.39, 0.29) is 0 Å². The molecule has 0 amide bonds. The number of benzene rings is 1. The highest BCUT2D eigenvalue weighted by Crippen LogP contribution is 2.13. The molecule has 0 saturated heterocycles. The fraction of sp³-hybridized carbons (Fsp3) is 0.222. The summed E-state index contributed by atoms with van der Waals surface area (Å²) in [6.45, 7) is 1.51. The summed E-state index contributed by atoms with van der Waals surface area (Å²) in [6, 6.07) is 8.62. The van der Waals surface area contributed by atoms with Gasteiger partial charge in [-0.25, -0.2) is 0 Å². The molecule has 3 heteroatoms. The van der Waals surface area contributed by atoms with Crippen molar-refractivity contribution >= 4 is 0 Å². The second-order valence-corrected chi connectivity index (χ2v) is 2.36. The average Bonchev–Trinajstić information content (AvgIpc) is 2.03. The normalized spacial score (nSPS) is 11.8. The lowest BCUT2D eigenvalue weighted by atomic mass is 10.2. The number of aliphatic hydroxyl groups excluding tert-OH is 1. The first kappa shape index (κ1) is 8.57. The van der Waals surface area contributed by atoms with Crippen molar-refractivity contribution < 1.29 is 9.84 Å². The summed E-state index contributed by atoms with van der Waals surface area (Å²) in [5, 5.41) is 17.4. The first-order chi connectivity index (χ1) is 5.72. The van der Waals surface area contributed by atoms with Crippen LogP contribution in [0.4, 0.5) is 0 Å². The van der Waals surface area contributed by atoms with Crippen LogP contribution in [0.2, 0.25) is 0 Å². The molecular weight excluding hydrogens is 154 g/mol. The summed E-state index contributed by atoms with van der Waals surface area (Å²) in [7, 11) is 0. The smallest absolute Gasteiger partial charge is 0.194 e. The third kappa shape index (κ3) is 2.26. The van der Waals surface area contributed by atoms with Gasteiger partial charge in [-0.1, -0.05) is 6.07 Å². The molecule has 3 nitrogen and oxygen atoms in total. The number of rotatable bonds is 2. The SMILES string of the molecule is CC(O)Oc1cccc(C#N)c1. The predicted molar refractivity (Wildman–Crippen MR) is 43.5 cm³/mol. The van der Waals surface area contributed by atoms with E-state index in [1.165, 1.54) is 6.92 Å². The third-order valence-electron chi connectivity index (χ3n) is 1.27. The summed E-state index contributed by atoms with van der Waals surface area (Å²) >= 11 is 0. The molecule has 0 spiro atoms. The molecule has 1 unspecified atom stereocenters. The van der Waals surface area contributed by atoms with Crippen LogP contribution in [-0.2, 0) is 0 Å². The largest absolute Gasteiger partial charge is 0.465 e. The Morgan fingerprint density at radius 2 is 2.33 bits per heavy atom. The quantitative estimate of drug-likeness (QED) is 0.668. The Kier molecular flexibility index (Phi) is 2.67. The van der Waals surface area contributed by atoms with Gasteiger partial charge in [0.15, 0.2) is 6.29 Å². The van der Waals surface area contributed by atoms with E-state index in [4.69, 9.17) is 15.1 Å². The Bertz CT molecular complexity index is 302. The fourth-order valence-electron chi connectivity index (χ4n) is 0.836. The minimum absolute atomic E-state index is 0.504. The van der Waals surface area contributed by atoms with Crippen LogP contribution in [0.3, 0.4) is 0 Å². The van der Waals surface area contributed by atoms with Crippen LogP contribution in [-0.4, -0.2) is 11.4 Å². The molecule has 0 radical (unpaired) electrons. The topological polar surface area (TPSA) is 53.2 Å². The van der Waals surface area contributed by atoms with Crippen molar-refractivity contribution in [2.75, 3.05) is 0 Å². The van der Waals surface area contributed by atoms with Crippen molar-refractivity contribution in [2.24, 2.45) is 0 Å². The van der Waals surface area contributed by atoms with Gasteiger partial charge in [0.2, 0.25) is 0 Å². The summed E-state index contributed by atoms with van der Waals surface area (Å²) < 4.78 is 4.96. The fourth-order valence-corrected chi connectivity index (χ4v) is 0.836. The first-order valence-electron chi connectivity index (χ1n) is 3.57. The van der Waals surface area contributed by atoms with Crippen LogP contribution in [0.25, 0.3) is 0 Å². The van der Waals surface area contributed by atoms with Gasteiger partial charge in [0.1, 0.15) is 5.75 Å². The standard InChI is InChI=1S/C9H9NO2/c1-7(11)12-9-4-2-3-8(5-9)6-10/h2-5,7,11H,1H3. The van der Waals surface area contributed by atoms with Gasteiger partial charge in [0.25, 0.3) is 0 Å². The molecule has 1 aromatic carbocycles. The molecule has 1 N–H and O–H groups in total.